The van der Waals surface area contributed by atoms with Crippen LogP contribution in [0.4, 0.5) is 5.69 Å². The normalized spacial score (nSPS) is 25.6. The van der Waals surface area contributed by atoms with Crippen molar-refractivity contribution in [1.29, 1.82) is 0 Å². The van der Waals surface area contributed by atoms with Crippen LogP contribution in [0.5, 0.6) is 0 Å². The molecule has 1 heterocycles. The summed E-state index contributed by atoms with van der Waals surface area (Å²) in [7, 11) is 0. The summed E-state index contributed by atoms with van der Waals surface area (Å²) in [5, 5.41) is 0.713. The Morgan fingerprint density at radius 2 is 2.25 bits per heavy atom. The molecule has 1 fully saturated rings. The molecule has 1 aliphatic carbocycles. The number of rotatable bonds is 2. The maximum absolute atomic E-state index is 5.96. The van der Waals surface area contributed by atoms with Gasteiger partial charge in [-0.05, 0) is 34.7 Å². The molecule has 2 atom stereocenters. The Morgan fingerprint density at radius 1 is 1.44 bits per heavy atom. The van der Waals surface area contributed by atoms with Crippen molar-refractivity contribution in [3.8, 4) is 0 Å². The molecule has 0 saturated heterocycles. The van der Waals surface area contributed by atoms with Crippen molar-refractivity contribution in [2.75, 3.05) is 5.73 Å². The SMILES string of the molecule is CC1CCCC(Sc2c(N)cncc2Br)C1. The van der Waals surface area contributed by atoms with Gasteiger partial charge < -0.3 is 5.73 Å². The zero-order valence-electron chi connectivity index (χ0n) is 9.45. The first-order valence-corrected chi connectivity index (χ1v) is 7.39. The Morgan fingerprint density at radius 3 is 2.94 bits per heavy atom. The lowest BCUT2D eigenvalue weighted by atomic mass is 9.91. The minimum absolute atomic E-state index is 0.713. The number of nitrogens with two attached hydrogens (primary N) is 1. The molecule has 2 rings (SSSR count). The summed E-state index contributed by atoms with van der Waals surface area (Å²) in [6.45, 7) is 2.34. The highest BCUT2D eigenvalue weighted by molar-refractivity contribution is 9.10. The first-order valence-electron chi connectivity index (χ1n) is 5.72. The minimum Gasteiger partial charge on any atom is -0.397 e. The molecule has 0 spiro atoms. The first-order chi connectivity index (χ1) is 7.66. The standard InChI is InChI=1S/C12H17BrN2S/c1-8-3-2-4-9(5-8)16-12-10(13)6-15-7-11(12)14/h6-9H,2-5,14H2,1H3. The van der Waals surface area contributed by atoms with Crippen molar-refractivity contribution >= 4 is 33.4 Å². The van der Waals surface area contributed by atoms with Gasteiger partial charge in [0.1, 0.15) is 0 Å². The van der Waals surface area contributed by atoms with Gasteiger partial charge in [-0.25, -0.2) is 0 Å². The topological polar surface area (TPSA) is 38.9 Å². The second-order valence-corrected chi connectivity index (χ2v) is 6.72. The molecule has 1 aliphatic rings. The number of nitrogen functional groups attached to an aromatic ring is 1. The predicted molar refractivity (Wildman–Crippen MR) is 73.6 cm³/mol. The summed E-state index contributed by atoms with van der Waals surface area (Å²) >= 11 is 5.44. The lowest BCUT2D eigenvalue weighted by Crippen LogP contribution is -2.15. The Bertz CT molecular complexity index is 350. The highest BCUT2D eigenvalue weighted by Crippen LogP contribution is 2.40. The van der Waals surface area contributed by atoms with E-state index in [4.69, 9.17) is 5.73 Å². The molecule has 1 aromatic heterocycles. The van der Waals surface area contributed by atoms with Crippen molar-refractivity contribution in [2.45, 2.75) is 42.8 Å². The lowest BCUT2D eigenvalue weighted by molar-refractivity contribution is 0.394. The maximum Gasteiger partial charge on any atom is 0.0650 e. The van der Waals surface area contributed by atoms with Gasteiger partial charge in [0.25, 0.3) is 0 Å². The molecule has 0 amide bonds. The Hall–Kier alpha value is -0.220. The fourth-order valence-electron chi connectivity index (χ4n) is 2.21. The highest BCUT2D eigenvalue weighted by atomic mass is 79.9. The Labute approximate surface area is 110 Å². The fourth-order valence-corrected chi connectivity index (χ4v) is 4.24. The van der Waals surface area contributed by atoms with Crippen molar-refractivity contribution in [3.05, 3.63) is 16.9 Å². The van der Waals surface area contributed by atoms with E-state index in [0.717, 1.165) is 21.0 Å². The van der Waals surface area contributed by atoms with Crippen LogP contribution in [0.2, 0.25) is 0 Å². The van der Waals surface area contributed by atoms with Gasteiger partial charge >= 0.3 is 0 Å². The molecular formula is C12H17BrN2S. The third kappa shape index (κ3) is 2.92. The van der Waals surface area contributed by atoms with Crippen molar-refractivity contribution < 1.29 is 0 Å². The van der Waals surface area contributed by atoms with E-state index in [1.807, 2.05) is 18.0 Å². The second kappa shape index (κ2) is 5.41. The predicted octanol–water partition coefficient (Wildman–Crippen LogP) is 4.10. The van der Waals surface area contributed by atoms with Gasteiger partial charge in [-0.15, -0.1) is 11.8 Å². The molecule has 2 nitrogen and oxygen atoms in total. The quantitative estimate of drug-likeness (QED) is 0.894. The van der Waals surface area contributed by atoms with Gasteiger partial charge in [0.2, 0.25) is 0 Å². The van der Waals surface area contributed by atoms with Crippen molar-refractivity contribution in [1.82, 2.24) is 4.98 Å². The molecule has 1 saturated carbocycles. The maximum atomic E-state index is 5.96. The number of nitrogens with zero attached hydrogens (tertiary/aromatic N) is 1. The van der Waals surface area contributed by atoms with Crippen LogP contribution in [0, 0.1) is 5.92 Å². The van der Waals surface area contributed by atoms with E-state index in [1.165, 1.54) is 25.7 Å². The van der Waals surface area contributed by atoms with Crippen LogP contribution in [0.3, 0.4) is 0 Å². The molecule has 88 valence electrons. The van der Waals surface area contributed by atoms with Crippen LogP contribution in [0.25, 0.3) is 0 Å². The van der Waals surface area contributed by atoms with Crippen molar-refractivity contribution in [3.63, 3.8) is 0 Å². The van der Waals surface area contributed by atoms with E-state index in [2.05, 4.69) is 27.8 Å². The molecule has 2 unspecified atom stereocenters. The van der Waals surface area contributed by atoms with Crippen LogP contribution < -0.4 is 5.73 Å². The van der Waals surface area contributed by atoms with Crippen LogP contribution in [-0.4, -0.2) is 10.2 Å². The highest BCUT2D eigenvalue weighted by Gasteiger charge is 2.21. The lowest BCUT2D eigenvalue weighted by Gasteiger charge is -2.26. The molecule has 0 aliphatic heterocycles. The zero-order valence-corrected chi connectivity index (χ0v) is 11.9. The number of thioether (sulfide) groups is 1. The van der Waals surface area contributed by atoms with Gasteiger partial charge in [0.05, 0.1) is 16.4 Å². The van der Waals surface area contributed by atoms with Crippen LogP contribution in [0.1, 0.15) is 32.6 Å². The number of halogens is 1. The van der Waals surface area contributed by atoms with Gasteiger partial charge in [-0.3, -0.25) is 4.98 Å². The summed E-state index contributed by atoms with van der Waals surface area (Å²) < 4.78 is 1.02. The average molecular weight is 301 g/mol. The third-order valence-corrected chi connectivity index (χ3v) is 5.37. The van der Waals surface area contributed by atoms with Crippen LogP contribution >= 0.6 is 27.7 Å². The summed E-state index contributed by atoms with van der Waals surface area (Å²) in [6.07, 6.45) is 8.90. The number of pyridine rings is 1. The molecule has 16 heavy (non-hydrogen) atoms. The van der Waals surface area contributed by atoms with E-state index in [0.29, 0.717) is 5.25 Å². The van der Waals surface area contributed by atoms with Crippen LogP contribution in [-0.2, 0) is 0 Å². The first kappa shape index (κ1) is 12.2. The van der Waals surface area contributed by atoms with Gasteiger partial charge in [0, 0.05) is 16.3 Å². The monoisotopic (exact) mass is 300 g/mol. The summed E-state index contributed by atoms with van der Waals surface area (Å²) in [5.74, 6) is 0.855. The zero-order chi connectivity index (χ0) is 11.5. The smallest absolute Gasteiger partial charge is 0.0650 e. The third-order valence-electron chi connectivity index (χ3n) is 3.05. The molecule has 0 radical (unpaired) electrons. The molecule has 2 N–H and O–H groups in total. The Kier molecular flexibility index (Phi) is 4.14. The van der Waals surface area contributed by atoms with Crippen molar-refractivity contribution in [2.24, 2.45) is 5.92 Å². The molecule has 1 aromatic rings. The minimum atomic E-state index is 0.713. The number of anilines is 1. The largest absolute Gasteiger partial charge is 0.397 e. The fraction of sp³-hybridized carbons (Fsp3) is 0.583. The Balaban J connectivity index is 2.08. The van der Waals surface area contributed by atoms with E-state index < -0.39 is 0 Å². The van der Waals surface area contributed by atoms with Crippen LogP contribution in [0.15, 0.2) is 21.8 Å². The second-order valence-electron chi connectivity index (χ2n) is 4.55. The molecular weight excluding hydrogens is 284 g/mol. The number of aromatic nitrogens is 1. The van der Waals surface area contributed by atoms with E-state index in [9.17, 15) is 0 Å². The number of hydrogen-bond donors (Lipinski definition) is 1. The van der Waals surface area contributed by atoms with E-state index in [1.54, 1.807) is 6.20 Å². The number of hydrogen-bond acceptors (Lipinski definition) is 3. The van der Waals surface area contributed by atoms with E-state index in [-0.39, 0.29) is 0 Å². The molecule has 0 aromatic carbocycles. The summed E-state index contributed by atoms with van der Waals surface area (Å²) in [4.78, 5) is 5.23. The summed E-state index contributed by atoms with van der Waals surface area (Å²) in [5.41, 5.74) is 6.75. The van der Waals surface area contributed by atoms with E-state index >= 15 is 0 Å². The average Bonchev–Trinajstić information content (AvgIpc) is 2.24. The van der Waals surface area contributed by atoms with Gasteiger partial charge in [-0.1, -0.05) is 19.8 Å². The van der Waals surface area contributed by atoms with Gasteiger partial charge in [0.15, 0.2) is 0 Å². The molecule has 4 heteroatoms. The molecule has 0 bridgehead atoms. The van der Waals surface area contributed by atoms with Gasteiger partial charge in [-0.2, -0.15) is 0 Å². The summed E-state index contributed by atoms with van der Waals surface area (Å²) in [6, 6.07) is 0.